The van der Waals surface area contributed by atoms with Crippen LogP contribution in [0, 0.1) is 6.92 Å². The van der Waals surface area contributed by atoms with E-state index in [1.54, 1.807) is 11.8 Å². The first-order valence-corrected chi connectivity index (χ1v) is 7.05. The van der Waals surface area contributed by atoms with Crippen molar-refractivity contribution in [1.82, 2.24) is 4.90 Å². The van der Waals surface area contributed by atoms with Crippen LogP contribution in [0.15, 0.2) is 24.3 Å². The van der Waals surface area contributed by atoms with Crippen molar-refractivity contribution < 1.29 is 14.3 Å². The van der Waals surface area contributed by atoms with E-state index in [0.29, 0.717) is 26.1 Å². The lowest BCUT2D eigenvalue weighted by Gasteiger charge is -2.20. The van der Waals surface area contributed by atoms with Crippen molar-refractivity contribution in [2.75, 3.05) is 19.7 Å². The first-order chi connectivity index (χ1) is 9.56. The van der Waals surface area contributed by atoms with E-state index in [1.807, 2.05) is 38.1 Å². The molecule has 0 saturated heterocycles. The predicted octanol–water partition coefficient (Wildman–Crippen LogP) is 2.34. The molecule has 0 aliphatic carbocycles. The number of amides is 1. The molecule has 0 aromatic heterocycles. The number of ether oxygens (including phenoxy) is 1. The van der Waals surface area contributed by atoms with Crippen LogP contribution in [0.25, 0.3) is 0 Å². The summed E-state index contributed by atoms with van der Waals surface area (Å²) in [6.45, 7) is 7.10. The number of hydrogen-bond acceptors (Lipinski definition) is 3. The molecule has 20 heavy (non-hydrogen) atoms. The molecule has 4 heteroatoms. The van der Waals surface area contributed by atoms with Crippen LogP contribution in [-0.4, -0.2) is 36.5 Å². The van der Waals surface area contributed by atoms with E-state index in [1.165, 1.54) is 5.56 Å². The summed E-state index contributed by atoms with van der Waals surface area (Å²) in [7, 11) is 0. The fourth-order valence-corrected chi connectivity index (χ4v) is 1.91. The third kappa shape index (κ3) is 5.43. The fourth-order valence-electron chi connectivity index (χ4n) is 1.91. The molecule has 0 bridgehead atoms. The molecule has 1 rings (SSSR count). The number of aryl methyl sites for hydroxylation is 1. The smallest absolute Gasteiger partial charge is 0.307 e. The van der Waals surface area contributed by atoms with Gasteiger partial charge in [-0.15, -0.1) is 0 Å². The minimum Gasteiger partial charge on any atom is -0.466 e. The van der Waals surface area contributed by atoms with Crippen LogP contribution in [0.2, 0.25) is 0 Å². The maximum Gasteiger partial charge on any atom is 0.307 e. The van der Waals surface area contributed by atoms with Crippen molar-refractivity contribution in [3.63, 3.8) is 0 Å². The molecule has 0 N–H and O–H groups in total. The summed E-state index contributed by atoms with van der Waals surface area (Å²) >= 11 is 0. The highest BCUT2D eigenvalue weighted by molar-refractivity contribution is 5.79. The Balaban J connectivity index is 2.50. The van der Waals surface area contributed by atoms with Gasteiger partial charge in [0.05, 0.1) is 19.4 Å². The average molecular weight is 277 g/mol. The number of likely N-dealkylation sites (N-methyl/N-ethyl adjacent to an activating group) is 1. The van der Waals surface area contributed by atoms with Gasteiger partial charge in [-0.2, -0.15) is 0 Å². The zero-order valence-corrected chi connectivity index (χ0v) is 12.5. The number of nitrogens with zero attached hydrogens (tertiary/aromatic N) is 1. The molecule has 0 aliphatic rings. The van der Waals surface area contributed by atoms with Crippen molar-refractivity contribution in [1.29, 1.82) is 0 Å². The Morgan fingerprint density at radius 1 is 1.15 bits per heavy atom. The first kappa shape index (κ1) is 16.2. The van der Waals surface area contributed by atoms with Crippen molar-refractivity contribution in [2.45, 2.75) is 33.6 Å². The van der Waals surface area contributed by atoms with Gasteiger partial charge in [-0.25, -0.2) is 0 Å². The molecular formula is C16H23NO3. The molecule has 110 valence electrons. The number of carbonyl (C=O) groups is 2. The summed E-state index contributed by atoms with van der Waals surface area (Å²) in [6.07, 6.45) is 0.623. The van der Waals surface area contributed by atoms with Gasteiger partial charge in [-0.3, -0.25) is 9.59 Å². The second-order valence-corrected chi connectivity index (χ2v) is 4.69. The lowest BCUT2D eigenvalue weighted by molar-refractivity contribution is -0.144. The molecule has 1 aromatic rings. The van der Waals surface area contributed by atoms with Crippen LogP contribution in [0.5, 0.6) is 0 Å². The van der Waals surface area contributed by atoms with E-state index in [2.05, 4.69) is 0 Å². The van der Waals surface area contributed by atoms with Gasteiger partial charge in [-0.1, -0.05) is 29.8 Å². The van der Waals surface area contributed by atoms with Gasteiger partial charge in [-0.05, 0) is 26.3 Å². The van der Waals surface area contributed by atoms with E-state index in [0.717, 1.165) is 5.56 Å². The molecule has 1 amide bonds. The van der Waals surface area contributed by atoms with Gasteiger partial charge in [0.25, 0.3) is 0 Å². The molecule has 1 aromatic carbocycles. The monoisotopic (exact) mass is 277 g/mol. The molecule has 0 fully saturated rings. The molecule has 0 aliphatic heterocycles. The van der Waals surface area contributed by atoms with Crippen LogP contribution in [0.4, 0.5) is 0 Å². The Labute approximate surface area is 120 Å². The van der Waals surface area contributed by atoms with Gasteiger partial charge >= 0.3 is 5.97 Å². The zero-order chi connectivity index (χ0) is 15.0. The Kier molecular flexibility index (Phi) is 6.77. The SMILES string of the molecule is CCOC(=O)CCN(CC)C(=O)Cc1ccc(C)cc1. The maximum absolute atomic E-state index is 12.2. The highest BCUT2D eigenvalue weighted by Crippen LogP contribution is 2.06. The van der Waals surface area contributed by atoms with E-state index in [4.69, 9.17) is 4.74 Å². The number of esters is 1. The Bertz CT molecular complexity index is 440. The first-order valence-electron chi connectivity index (χ1n) is 7.05. The van der Waals surface area contributed by atoms with E-state index in [-0.39, 0.29) is 18.3 Å². The number of benzene rings is 1. The highest BCUT2D eigenvalue weighted by Gasteiger charge is 2.14. The van der Waals surface area contributed by atoms with Crippen LogP contribution >= 0.6 is 0 Å². The quantitative estimate of drug-likeness (QED) is 0.719. The second kappa shape index (κ2) is 8.35. The van der Waals surface area contributed by atoms with Crippen LogP contribution in [0.1, 0.15) is 31.4 Å². The lowest BCUT2D eigenvalue weighted by atomic mass is 10.1. The van der Waals surface area contributed by atoms with Gasteiger partial charge in [0.15, 0.2) is 0 Å². The van der Waals surface area contributed by atoms with Crippen molar-refractivity contribution >= 4 is 11.9 Å². The van der Waals surface area contributed by atoms with Crippen molar-refractivity contribution in [2.24, 2.45) is 0 Å². The number of rotatable bonds is 7. The average Bonchev–Trinajstić information content (AvgIpc) is 2.42. The molecule has 0 unspecified atom stereocenters. The normalized spacial score (nSPS) is 10.2. The summed E-state index contributed by atoms with van der Waals surface area (Å²) < 4.78 is 4.87. The van der Waals surface area contributed by atoms with Crippen molar-refractivity contribution in [3.8, 4) is 0 Å². The molecule has 0 heterocycles. The minimum atomic E-state index is -0.255. The maximum atomic E-state index is 12.2. The lowest BCUT2D eigenvalue weighted by Crippen LogP contribution is -2.34. The van der Waals surface area contributed by atoms with Crippen LogP contribution in [-0.2, 0) is 20.7 Å². The fraction of sp³-hybridized carbons (Fsp3) is 0.500. The summed E-state index contributed by atoms with van der Waals surface area (Å²) in [6, 6.07) is 7.92. The third-order valence-corrected chi connectivity index (χ3v) is 3.10. The van der Waals surface area contributed by atoms with Crippen LogP contribution in [0.3, 0.4) is 0 Å². The molecule has 0 saturated carbocycles. The highest BCUT2D eigenvalue weighted by atomic mass is 16.5. The third-order valence-electron chi connectivity index (χ3n) is 3.10. The standard InChI is InChI=1S/C16H23NO3/c1-4-17(11-10-16(19)20-5-2)15(18)12-14-8-6-13(3)7-9-14/h6-9H,4-5,10-12H2,1-3H3. The van der Waals surface area contributed by atoms with E-state index >= 15 is 0 Å². The van der Waals surface area contributed by atoms with Gasteiger partial charge < -0.3 is 9.64 Å². The Morgan fingerprint density at radius 3 is 2.35 bits per heavy atom. The number of hydrogen-bond donors (Lipinski definition) is 0. The second-order valence-electron chi connectivity index (χ2n) is 4.69. The molecule has 0 atom stereocenters. The topological polar surface area (TPSA) is 46.6 Å². The minimum absolute atomic E-state index is 0.0423. The molecule has 4 nitrogen and oxygen atoms in total. The van der Waals surface area contributed by atoms with Crippen molar-refractivity contribution in [3.05, 3.63) is 35.4 Å². The molecular weight excluding hydrogens is 254 g/mol. The van der Waals surface area contributed by atoms with Gasteiger partial charge in [0.1, 0.15) is 0 Å². The number of carbonyl (C=O) groups excluding carboxylic acids is 2. The summed E-state index contributed by atoms with van der Waals surface area (Å²) in [5.41, 5.74) is 2.17. The molecule has 0 radical (unpaired) electrons. The Morgan fingerprint density at radius 2 is 1.80 bits per heavy atom. The summed E-state index contributed by atoms with van der Waals surface area (Å²) in [5, 5.41) is 0. The van der Waals surface area contributed by atoms with Gasteiger partial charge in [0.2, 0.25) is 5.91 Å². The van der Waals surface area contributed by atoms with Crippen LogP contribution < -0.4 is 0 Å². The summed E-state index contributed by atoms with van der Waals surface area (Å²) in [5.74, 6) is -0.213. The predicted molar refractivity (Wildman–Crippen MR) is 78.4 cm³/mol. The zero-order valence-electron chi connectivity index (χ0n) is 12.5. The van der Waals surface area contributed by atoms with Gasteiger partial charge in [0, 0.05) is 13.1 Å². The molecule has 0 spiro atoms. The Hall–Kier alpha value is -1.84. The largest absolute Gasteiger partial charge is 0.466 e. The summed E-state index contributed by atoms with van der Waals surface area (Å²) in [4.78, 5) is 25.2. The van der Waals surface area contributed by atoms with E-state index in [9.17, 15) is 9.59 Å². The van der Waals surface area contributed by atoms with E-state index < -0.39 is 0 Å².